The van der Waals surface area contributed by atoms with Crippen molar-refractivity contribution in [2.45, 2.75) is 29.6 Å². The van der Waals surface area contributed by atoms with Crippen LogP contribution in [0.15, 0.2) is 52.3 Å². The van der Waals surface area contributed by atoms with Crippen LogP contribution < -0.4 is 10.1 Å². The van der Waals surface area contributed by atoms with Gasteiger partial charge in [0.15, 0.2) is 0 Å². The minimum Gasteiger partial charge on any atom is -0.495 e. The predicted molar refractivity (Wildman–Crippen MR) is 141 cm³/mol. The number of piperidine rings is 1. The van der Waals surface area contributed by atoms with Crippen molar-refractivity contribution in [2.24, 2.45) is 5.92 Å². The lowest BCUT2D eigenvalue weighted by atomic mass is 9.99. The number of aryl methyl sites for hydroxylation is 1. The smallest absolute Gasteiger partial charge is 0.246 e. The van der Waals surface area contributed by atoms with Crippen LogP contribution in [0.3, 0.4) is 0 Å². The van der Waals surface area contributed by atoms with Crippen molar-refractivity contribution in [3.8, 4) is 5.75 Å². The van der Waals surface area contributed by atoms with Crippen molar-refractivity contribution in [3.63, 3.8) is 0 Å². The predicted octanol–water partition coefficient (Wildman–Crippen LogP) is 1.98. The number of hydrogen-bond acceptors (Lipinski definition) is 7. The van der Waals surface area contributed by atoms with Gasteiger partial charge in [-0.2, -0.15) is 8.61 Å². The van der Waals surface area contributed by atoms with E-state index in [0.717, 1.165) is 5.56 Å². The summed E-state index contributed by atoms with van der Waals surface area (Å²) >= 11 is 0. The van der Waals surface area contributed by atoms with Crippen LogP contribution in [0.5, 0.6) is 5.75 Å². The third-order valence-corrected chi connectivity index (χ3v) is 10.7. The fourth-order valence-electron chi connectivity index (χ4n) is 4.63. The molecule has 4 rings (SSSR count). The maximum Gasteiger partial charge on any atom is 0.246 e. The molecule has 10 nitrogen and oxygen atoms in total. The van der Waals surface area contributed by atoms with Gasteiger partial charge in [-0.3, -0.25) is 4.79 Å². The highest BCUT2D eigenvalue weighted by Crippen LogP contribution is 2.31. The first-order chi connectivity index (χ1) is 17.5. The third kappa shape index (κ3) is 5.99. The highest BCUT2D eigenvalue weighted by molar-refractivity contribution is 7.89. The normalized spacial score (nSPS) is 20.5. The minimum absolute atomic E-state index is 0.0567. The van der Waals surface area contributed by atoms with Crippen LogP contribution in [0.1, 0.15) is 18.4 Å². The Balaban J connectivity index is 1.43. The molecule has 2 heterocycles. The van der Waals surface area contributed by atoms with E-state index in [1.165, 1.54) is 27.9 Å². The molecule has 0 radical (unpaired) electrons. The van der Waals surface area contributed by atoms with E-state index in [-0.39, 0.29) is 28.0 Å². The Morgan fingerprint density at radius 2 is 1.59 bits per heavy atom. The van der Waals surface area contributed by atoms with Crippen molar-refractivity contribution in [2.75, 3.05) is 58.7 Å². The fraction of sp³-hybridized carbons (Fsp3) is 0.480. The standard InChI is InChI=1S/C25H34N4O6S2/c1-19-6-11-23(35-3)24(17-19)37(33,34)29-12-4-5-20(18-29)25(30)26-21-7-9-22(10-8-21)36(31,32)28-15-13-27(2)14-16-28/h6-11,17,20H,4-5,12-16,18H2,1-3H3,(H,26,30)/t20-/m1/s1. The minimum atomic E-state index is -3.85. The zero-order valence-electron chi connectivity index (χ0n) is 21.4. The summed E-state index contributed by atoms with van der Waals surface area (Å²) < 4.78 is 60.7. The largest absolute Gasteiger partial charge is 0.495 e. The maximum atomic E-state index is 13.4. The Labute approximate surface area is 219 Å². The first-order valence-corrected chi connectivity index (χ1v) is 15.1. The van der Waals surface area contributed by atoms with Crippen molar-refractivity contribution in [1.82, 2.24) is 13.5 Å². The second-order valence-corrected chi connectivity index (χ2v) is 13.4. The van der Waals surface area contributed by atoms with Gasteiger partial charge in [0.1, 0.15) is 10.6 Å². The molecule has 1 N–H and O–H groups in total. The summed E-state index contributed by atoms with van der Waals surface area (Å²) in [6.45, 7) is 4.42. The lowest BCUT2D eigenvalue weighted by Crippen LogP contribution is -2.47. The SMILES string of the molecule is COc1ccc(C)cc1S(=O)(=O)N1CCC[C@@H](C(=O)Nc2ccc(S(=O)(=O)N3CCN(C)CC3)cc2)C1. The Morgan fingerprint density at radius 3 is 2.24 bits per heavy atom. The first-order valence-electron chi connectivity index (χ1n) is 12.3. The van der Waals surface area contributed by atoms with Crippen LogP contribution in [-0.2, 0) is 24.8 Å². The molecule has 0 unspecified atom stereocenters. The molecule has 37 heavy (non-hydrogen) atoms. The summed E-state index contributed by atoms with van der Waals surface area (Å²) in [7, 11) is -4.06. The average Bonchev–Trinajstić information content (AvgIpc) is 2.89. The van der Waals surface area contributed by atoms with Crippen LogP contribution in [0.2, 0.25) is 0 Å². The molecule has 2 saturated heterocycles. The molecule has 202 valence electrons. The van der Waals surface area contributed by atoms with Gasteiger partial charge in [-0.25, -0.2) is 16.8 Å². The Kier molecular flexibility index (Phi) is 8.24. The van der Waals surface area contributed by atoms with Crippen molar-refractivity contribution in [1.29, 1.82) is 0 Å². The highest BCUT2D eigenvalue weighted by atomic mass is 32.2. The van der Waals surface area contributed by atoms with Gasteiger partial charge in [-0.15, -0.1) is 0 Å². The second kappa shape index (κ2) is 11.1. The first kappa shape index (κ1) is 27.5. The number of carbonyl (C=O) groups is 1. The number of anilines is 1. The quantitative estimate of drug-likeness (QED) is 0.560. The van der Waals surface area contributed by atoms with Gasteiger partial charge in [0.2, 0.25) is 26.0 Å². The summed E-state index contributed by atoms with van der Waals surface area (Å²) in [6, 6.07) is 11.1. The maximum absolute atomic E-state index is 13.4. The topological polar surface area (TPSA) is 116 Å². The van der Waals surface area contributed by atoms with E-state index in [2.05, 4.69) is 10.2 Å². The summed E-state index contributed by atoms with van der Waals surface area (Å²) in [5.41, 5.74) is 1.26. The van der Waals surface area contributed by atoms with Gasteiger partial charge < -0.3 is 15.0 Å². The number of nitrogens with one attached hydrogen (secondary N) is 1. The van der Waals surface area contributed by atoms with Crippen molar-refractivity contribution in [3.05, 3.63) is 48.0 Å². The number of sulfonamides is 2. The zero-order valence-corrected chi connectivity index (χ0v) is 23.0. The Morgan fingerprint density at radius 1 is 0.919 bits per heavy atom. The molecule has 2 aliphatic rings. The van der Waals surface area contributed by atoms with Crippen molar-refractivity contribution >= 4 is 31.6 Å². The number of hydrogen-bond donors (Lipinski definition) is 1. The molecule has 0 aromatic heterocycles. The number of rotatable bonds is 7. The van der Waals surface area contributed by atoms with E-state index in [0.29, 0.717) is 51.3 Å². The van der Waals surface area contributed by atoms with Gasteiger partial charge >= 0.3 is 0 Å². The van der Waals surface area contributed by atoms with Crippen molar-refractivity contribution < 1.29 is 26.4 Å². The van der Waals surface area contributed by atoms with Crippen LogP contribution in [-0.4, -0.2) is 89.7 Å². The Bertz CT molecular complexity index is 1340. The monoisotopic (exact) mass is 550 g/mol. The van der Waals surface area contributed by atoms with E-state index in [1.807, 2.05) is 14.0 Å². The third-order valence-electron chi connectivity index (χ3n) is 6.91. The molecule has 12 heteroatoms. The zero-order chi connectivity index (χ0) is 26.8. The molecular formula is C25H34N4O6S2. The number of amides is 1. The number of benzene rings is 2. The second-order valence-electron chi connectivity index (χ2n) is 9.58. The average molecular weight is 551 g/mol. The van der Waals surface area contributed by atoms with Gasteiger partial charge in [0.05, 0.1) is 17.9 Å². The van der Waals surface area contributed by atoms with E-state index in [9.17, 15) is 21.6 Å². The van der Waals surface area contributed by atoms with Gasteiger partial charge in [0.25, 0.3) is 0 Å². The highest BCUT2D eigenvalue weighted by Gasteiger charge is 2.35. The fourth-order valence-corrected chi connectivity index (χ4v) is 7.82. The Hall–Kier alpha value is -2.51. The van der Waals surface area contributed by atoms with Gasteiger partial charge in [0, 0.05) is 45.0 Å². The van der Waals surface area contributed by atoms with Crippen LogP contribution in [0, 0.1) is 12.8 Å². The molecule has 0 spiro atoms. The molecule has 1 atom stereocenters. The molecule has 2 aromatic rings. The summed E-state index contributed by atoms with van der Waals surface area (Å²) in [6.07, 6.45) is 1.10. The number of piperazine rings is 1. The van der Waals surface area contributed by atoms with Crippen LogP contribution in [0.4, 0.5) is 5.69 Å². The lowest BCUT2D eigenvalue weighted by molar-refractivity contribution is -0.120. The number of methoxy groups -OCH3 is 1. The molecular weight excluding hydrogens is 516 g/mol. The lowest BCUT2D eigenvalue weighted by Gasteiger charge is -2.32. The van der Waals surface area contributed by atoms with E-state index in [4.69, 9.17) is 4.74 Å². The summed E-state index contributed by atoms with van der Waals surface area (Å²) in [5, 5.41) is 2.82. The van der Waals surface area contributed by atoms with Gasteiger partial charge in [-0.05, 0) is 68.8 Å². The molecule has 2 aliphatic heterocycles. The van der Waals surface area contributed by atoms with E-state index in [1.54, 1.807) is 30.3 Å². The number of ether oxygens (including phenoxy) is 1. The molecule has 0 saturated carbocycles. The van der Waals surface area contributed by atoms with Gasteiger partial charge in [-0.1, -0.05) is 6.07 Å². The molecule has 2 aromatic carbocycles. The number of nitrogens with zero attached hydrogens (tertiary/aromatic N) is 3. The molecule has 1 amide bonds. The van der Waals surface area contributed by atoms with Crippen LogP contribution in [0.25, 0.3) is 0 Å². The van der Waals surface area contributed by atoms with Crippen LogP contribution >= 0.6 is 0 Å². The number of carbonyl (C=O) groups excluding carboxylic acids is 1. The molecule has 2 fully saturated rings. The summed E-state index contributed by atoms with van der Waals surface area (Å²) in [5.74, 6) is -0.567. The number of likely N-dealkylation sites (N-methyl/N-ethyl adjacent to an activating group) is 1. The van der Waals surface area contributed by atoms with E-state index >= 15 is 0 Å². The molecule has 0 bridgehead atoms. The molecule has 0 aliphatic carbocycles. The van der Waals surface area contributed by atoms with E-state index < -0.39 is 26.0 Å². The summed E-state index contributed by atoms with van der Waals surface area (Å²) in [4.78, 5) is 15.4.